The predicted octanol–water partition coefficient (Wildman–Crippen LogP) is 2.92. The molecule has 2 aromatic rings. The number of hydrogen-bond donors (Lipinski definition) is 1. The zero-order valence-electron chi connectivity index (χ0n) is 10.2. The van der Waals surface area contributed by atoms with Gasteiger partial charge in [-0.1, -0.05) is 29.8 Å². The summed E-state index contributed by atoms with van der Waals surface area (Å²) in [5.74, 6) is 0.536. The van der Waals surface area contributed by atoms with Gasteiger partial charge in [0.05, 0.1) is 6.26 Å². The van der Waals surface area contributed by atoms with E-state index in [-0.39, 0.29) is 5.91 Å². The van der Waals surface area contributed by atoms with Crippen molar-refractivity contribution in [1.82, 2.24) is 5.32 Å². The third kappa shape index (κ3) is 3.63. The molecule has 0 aliphatic heterocycles. The van der Waals surface area contributed by atoms with E-state index in [0.29, 0.717) is 12.3 Å². The summed E-state index contributed by atoms with van der Waals surface area (Å²) in [7, 11) is 0. The van der Waals surface area contributed by atoms with Crippen LogP contribution in [-0.2, 0) is 11.3 Å². The van der Waals surface area contributed by atoms with Gasteiger partial charge in [-0.3, -0.25) is 4.79 Å². The van der Waals surface area contributed by atoms with Crippen LogP contribution in [0.4, 0.5) is 0 Å². The molecule has 0 unspecified atom stereocenters. The smallest absolute Gasteiger partial charge is 0.244 e. The van der Waals surface area contributed by atoms with Gasteiger partial charge in [0.15, 0.2) is 0 Å². The summed E-state index contributed by atoms with van der Waals surface area (Å²) in [6.07, 6.45) is 4.69. The topological polar surface area (TPSA) is 42.2 Å². The largest absolute Gasteiger partial charge is 0.465 e. The number of benzene rings is 1. The van der Waals surface area contributed by atoms with E-state index in [1.165, 1.54) is 11.6 Å². The van der Waals surface area contributed by atoms with E-state index in [1.807, 2.05) is 25.1 Å². The molecule has 92 valence electrons. The normalized spacial score (nSPS) is 10.7. The lowest BCUT2D eigenvalue weighted by Crippen LogP contribution is -2.20. The minimum atomic E-state index is -0.132. The lowest BCUT2D eigenvalue weighted by atomic mass is 10.1. The van der Waals surface area contributed by atoms with Gasteiger partial charge in [-0.15, -0.1) is 0 Å². The fourth-order valence-electron chi connectivity index (χ4n) is 1.61. The molecule has 0 saturated carbocycles. The van der Waals surface area contributed by atoms with Gasteiger partial charge in [0, 0.05) is 12.6 Å². The molecule has 1 heterocycles. The number of amides is 1. The van der Waals surface area contributed by atoms with Crippen LogP contribution in [-0.4, -0.2) is 5.91 Å². The van der Waals surface area contributed by atoms with Crippen LogP contribution in [0, 0.1) is 6.92 Å². The van der Waals surface area contributed by atoms with Crippen molar-refractivity contribution in [3.05, 3.63) is 65.6 Å². The Labute approximate surface area is 106 Å². The fourth-order valence-corrected chi connectivity index (χ4v) is 1.61. The van der Waals surface area contributed by atoms with Crippen molar-refractivity contribution < 1.29 is 9.21 Å². The highest BCUT2D eigenvalue weighted by atomic mass is 16.3. The summed E-state index contributed by atoms with van der Waals surface area (Å²) in [6.45, 7) is 2.56. The van der Waals surface area contributed by atoms with E-state index in [0.717, 1.165) is 5.56 Å². The van der Waals surface area contributed by atoms with Gasteiger partial charge in [-0.05, 0) is 30.7 Å². The summed E-state index contributed by atoms with van der Waals surface area (Å²) >= 11 is 0. The van der Waals surface area contributed by atoms with Crippen LogP contribution >= 0.6 is 0 Å². The molecular formula is C15H15NO2. The van der Waals surface area contributed by atoms with Crippen molar-refractivity contribution in [3.63, 3.8) is 0 Å². The lowest BCUT2D eigenvalue weighted by molar-refractivity contribution is -0.116. The van der Waals surface area contributed by atoms with Crippen LogP contribution in [0.25, 0.3) is 6.08 Å². The molecule has 0 spiro atoms. The van der Waals surface area contributed by atoms with Crippen LogP contribution in [0.5, 0.6) is 0 Å². The van der Waals surface area contributed by atoms with Crippen molar-refractivity contribution >= 4 is 12.0 Å². The Morgan fingerprint density at radius 1 is 1.33 bits per heavy atom. The first-order chi connectivity index (χ1) is 8.74. The number of carbonyl (C=O) groups excluding carboxylic acids is 1. The van der Waals surface area contributed by atoms with E-state index in [9.17, 15) is 4.79 Å². The lowest BCUT2D eigenvalue weighted by Gasteiger charge is -2.03. The molecule has 0 aliphatic carbocycles. The number of hydrogen-bond acceptors (Lipinski definition) is 2. The number of furan rings is 1. The van der Waals surface area contributed by atoms with Gasteiger partial charge >= 0.3 is 0 Å². The molecule has 1 amide bonds. The first-order valence-corrected chi connectivity index (χ1v) is 5.79. The van der Waals surface area contributed by atoms with Crippen LogP contribution < -0.4 is 5.32 Å². The SMILES string of the molecule is Cc1cccc(CNC(=O)/C=C/c2ccco2)c1. The Kier molecular flexibility index (Phi) is 3.97. The van der Waals surface area contributed by atoms with Crippen molar-refractivity contribution in [2.45, 2.75) is 13.5 Å². The fraction of sp³-hybridized carbons (Fsp3) is 0.133. The van der Waals surface area contributed by atoms with Gasteiger partial charge in [0.1, 0.15) is 5.76 Å². The first kappa shape index (κ1) is 12.2. The number of carbonyl (C=O) groups is 1. The van der Waals surface area contributed by atoms with Crippen LogP contribution in [0.1, 0.15) is 16.9 Å². The van der Waals surface area contributed by atoms with Gasteiger partial charge in [0.25, 0.3) is 0 Å². The van der Waals surface area contributed by atoms with E-state index in [4.69, 9.17) is 4.42 Å². The Hall–Kier alpha value is -2.29. The molecule has 2 rings (SSSR count). The highest BCUT2D eigenvalue weighted by Gasteiger charge is 1.97. The molecule has 0 saturated heterocycles. The second-order valence-electron chi connectivity index (χ2n) is 4.06. The highest BCUT2D eigenvalue weighted by Crippen LogP contribution is 2.04. The van der Waals surface area contributed by atoms with E-state index >= 15 is 0 Å². The Balaban J connectivity index is 1.85. The second kappa shape index (κ2) is 5.87. The Morgan fingerprint density at radius 3 is 2.94 bits per heavy atom. The molecule has 0 aliphatic rings. The molecule has 0 atom stereocenters. The summed E-state index contributed by atoms with van der Waals surface area (Å²) < 4.78 is 5.10. The minimum absolute atomic E-state index is 0.132. The summed E-state index contributed by atoms with van der Waals surface area (Å²) in [6, 6.07) is 11.6. The zero-order chi connectivity index (χ0) is 12.8. The van der Waals surface area contributed by atoms with Crippen molar-refractivity contribution in [1.29, 1.82) is 0 Å². The van der Waals surface area contributed by atoms with Crippen LogP contribution in [0.3, 0.4) is 0 Å². The van der Waals surface area contributed by atoms with Crippen LogP contribution in [0.15, 0.2) is 53.2 Å². The maximum atomic E-state index is 11.6. The molecular weight excluding hydrogens is 226 g/mol. The molecule has 1 aromatic heterocycles. The zero-order valence-corrected chi connectivity index (χ0v) is 10.2. The summed E-state index contributed by atoms with van der Waals surface area (Å²) in [4.78, 5) is 11.6. The molecule has 1 N–H and O–H groups in total. The highest BCUT2D eigenvalue weighted by molar-refractivity contribution is 5.91. The second-order valence-corrected chi connectivity index (χ2v) is 4.06. The third-order valence-electron chi connectivity index (χ3n) is 2.49. The standard InChI is InChI=1S/C15H15NO2/c1-12-4-2-5-13(10-12)11-16-15(17)8-7-14-6-3-9-18-14/h2-10H,11H2,1H3,(H,16,17)/b8-7+. The van der Waals surface area contributed by atoms with Crippen LogP contribution in [0.2, 0.25) is 0 Å². The van der Waals surface area contributed by atoms with Crippen molar-refractivity contribution in [2.75, 3.05) is 0 Å². The van der Waals surface area contributed by atoms with Crippen molar-refractivity contribution in [3.8, 4) is 0 Å². The third-order valence-corrected chi connectivity index (χ3v) is 2.49. The Bertz CT molecular complexity index is 541. The molecule has 0 fully saturated rings. The molecule has 0 radical (unpaired) electrons. The van der Waals surface area contributed by atoms with Gasteiger partial charge in [-0.2, -0.15) is 0 Å². The van der Waals surface area contributed by atoms with E-state index in [1.54, 1.807) is 24.5 Å². The molecule has 0 bridgehead atoms. The molecule has 3 nitrogen and oxygen atoms in total. The molecule has 1 aromatic carbocycles. The maximum Gasteiger partial charge on any atom is 0.244 e. The average molecular weight is 241 g/mol. The van der Waals surface area contributed by atoms with Crippen molar-refractivity contribution in [2.24, 2.45) is 0 Å². The summed E-state index contributed by atoms with van der Waals surface area (Å²) in [5, 5.41) is 2.82. The predicted molar refractivity (Wildman–Crippen MR) is 70.8 cm³/mol. The monoisotopic (exact) mass is 241 g/mol. The van der Waals surface area contributed by atoms with E-state index < -0.39 is 0 Å². The molecule has 18 heavy (non-hydrogen) atoms. The average Bonchev–Trinajstić information content (AvgIpc) is 2.87. The summed E-state index contributed by atoms with van der Waals surface area (Å²) in [5.41, 5.74) is 2.28. The Morgan fingerprint density at radius 2 is 2.22 bits per heavy atom. The number of nitrogens with one attached hydrogen (secondary N) is 1. The number of rotatable bonds is 4. The maximum absolute atomic E-state index is 11.6. The first-order valence-electron chi connectivity index (χ1n) is 5.79. The van der Waals surface area contributed by atoms with E-state index in [2.05, 4.69) is 11.4 Å². The van der Waals surface area contributed by atoms with Gasteiger partial charge in [0.2, 0.25) is 5.91 Å². The van der Waals surface area contributed by atoms with Gasteiger partial charge < -0.3 is 9.73 Å². The van der Waals surface area contributed by atoms with Gasteiger partial charge in [-0.25, -0.2) is 0 Å². The number of aryl methyl sites for hydroxylation is 1. The molecule has 3 heteroatoms. The minimum Gasteiger partial charge on any atom is -0.465 e. The quantitative estimate of drug-likeness (QED) is 0.836.